The van der Waals surface area contributed by atoms with Crippen molar-refractivity contribution in [2.75, 3.05) is 42.9 Å². The lowest BCUT2D eigenvalue weighted by Crippen LogP contribution is -2.44. The number of piperidine rings is 3. The normalized spacial score (nSPS) is 21.2. The van der Waals surface area contributed by atoms with Crippen LogP contribution in [-0.2, 0) is 35.2 Å². The van der Waals surface area contributed by atoms with Gasteiger partial charge >= 0.3 is 5.69 Å². The SMILES string of the molecule is C=CCn1c(=O)c2cnc(Nc3ccc(N4CCC(CN5CCC(c6cccc7c6n(C)c(=O)n7C6CCC(=O)NC6=O)CC5)CC4)cc3)nc2n1-c1ccc2c(n1)[C@@](O)(CC)CC2. The Bertz CT molecular complexity index is 2910. The number of nitrogens with zero attached hydrogens (tertiary/aromatic N) is 9. The molecule has 16 heteroatoms. The van der Waals surface area contributed by atoms with E-state index in [-0.39, 0.29) is 30.1 Å². The van der Waals surface area contributed by atoms with Gasteiger partial charge in [0.2, 0.25) is 17.8 Å². The van der Waals surface area contributed by atoms with Crippen LogP contribution in [0.2, 0.25) is 0 Å². The fourth-order valence-electron chi connectivity index (χ4n) is 10.7. The van der Waals surface area contributed by atoms with E-state index in [1.54, 1.807) is 37.8 Å². The number of carbonyl (C=O) groups excluding carboxylic acids is 2. The van der Waals surface area contributed by atoms with Gasteiger partial charge in [-0.25, -0.2) is 24.1 Å². The molecule has 2 atom stereocenters. The van der Waals surface area contributed by atoms with E-state index < -0.39 is 17.6 Å². The van der Waals surface area contributed by atoms with Gasteiger partial charge in [-0.3, -0.25) is 28.8 Å². The third-order valence-corrected chi connectivity index (χ3v) is 14.3. The number of rotatable bonds is 11. The van der Waals surface area contributed by atoms with Gasteiger partial charge in [-0.1, -0.05) is 31.2 Å². The van der Waals surface area contributed by atoms with Crippen LogP contribution in [0.1, 0.15) is 87.1 Å². The van der Waals surface area contributed by atoms with Crippen LogP contribution in [0, 0.1) is 5.92 Å². The molecule has 10 rings (SSSR count). The lowest BCUT2D eigenvalue weighted by Gasteiger charge is -2.38. The van der Waals surface area contributed by atoms with Gasteiger partial charge in [-0.2, -0.15) is 4.98 Å². The highest BCUT2D eigenvalue weighted by atomic mass is 16.3. The number of imide groups is 1. The zero-order valence-electron chi connectivity index (χ0n) is 36.5. The highest BCUT2D eigenvalue weighted by molar-refractivity contribution is 6.00. The van der Waals surface area contributed by atoms with E-state index in [4.69, 9.17) is 9.97 Å². The summed E-state index contributed by atoms with van der Waals surface area (Å²) < 4.78 is 6.51. The second-order valence-corrected chi connectivity index (χ2v) is 18.1. The van der Waals surface area contributed by atoms with Gasteiger partial charge in [0.1, 0.15) is 17.0 Å². The third-order valence-electron chi connectivity index (χ3n) is 14.3. The Labute approximate surface area is 370 Å². The van der Waals surface area contributed by atoms with Gasteiger partial charge in [0.25, 0.3) is 5.56 Å². The van der Waals surface area contributed by atoms with E-state index in [0.29, 0.717) is 59.6 Å². The molecule has 7 heterocycles. The minimum Gasteiger partial charge on any atom is -0.384 e. The zero-order chi connectivity index (χ0) is 44.3. The molecule has 1 unspecified atom stereocenters. The summed E-state index contributed by atoms with van der Waals surface area (Å²) in [5.74, 6) is 1.10. The number of likely N-dealkylation sites (tertiary alicyclic amines) is 1. The van der Waals surface area contributed by atoms with Crippen molar-refractivity contribution in [2.45, 2.75) is 88.8 Å². The summed E-state index contributed by atoms with van der Waals surface area (Å²) in [6, 6.07) is 17.5. The number of aliphatic hydroxyl groups is 1. The molecule has 3 fully saturated rings. The fourth-order valence-corrected chi connectivity index (χ4v) is 10.7. The Morgan fingerprint density at radius 1 is 0.938 bits per heavy atom. The molecule has 0 radical (unpaired) electrons. The number of para-hydroxylation sites is 1. The molecule has 6 aromatic rings. The van der Waals surface area contributed by atoms with Crippen LogP contribution in [0.4, 0.5) is 17.3 Å². The van der Waals surface area contributed by atoms with E-state index in [9.17, 15) is 24.3 Å². The highest BCUT2D eigenvalue weighted by Gasteiger charge is 2.38. The van der Waals surface area contributed by atoms with Crippen molar-refractivity contribution in [3.63, 3.8) is 0 Å². The van der Waals surface area contributed by atoms with Gasteiger partial charge in [0.15, 0.2) is 11.5 Å². The van der Waals surface area contributed by atoms with Crippen molar-refractivity contribution < 1.29 is 14.7 Å². The molecule has 1 aliphatic carbocycles. The maximum atomic E-state index is 13.6. The zero-order valence-corrected chi connectivity index (χ0v) is 36.5. The molecule has 332 valence electrons. The third kappa shape index (κ3) is 7.31. The molecule has 0 bridgehead atoms. The Hall–Kier alpha value is -6.39. The maximum Gasteiger partial charge on any atom is 0.329 e. The van der Waals surface area contributed by atoms with Crippen LogP contribution in [0.15, 0.2) is 83.0 Å². The van der Waals surface area contributed by atoms with Crippen LogP contribution in [0.5, 0.6) is 0 Å². The predicted molar refractivity (Wildman–Crippen MR) is 245 cm³/mol. The van der Waals surface area contributed by atoms with E-state index in [1.807, 2.05) is 43.3 Å². The first-order valence-corrected chi connectivity index (χ1v) is 22.7. The molecule has 3 aliphatic heterocycles. The van der Waals surface area contributed by atoms with E-state index in [2.05, 4.69) is 50.2 Å². The number of nitrogens with one attached hydrogen (secondary N) is 2. The molecule has 16 nitrogen and oxygen atoms in total. The van der Waals surface area contributed by atoms with Crippen molar-refractivity contribution in [1.82, 2.24) is 43.7 Å². The lowest BCUT2D eigenvalue weighted by molar-refractivity contribution is -0.135. The first-order valence-electron chi connectivity index (χ1n) is 22.7. The minimum absolute atomic E-state index is 0.223. The average Bonchev–Trinajstić information content (AvgIpc) is 3.89. The van der Waals surface area contributed by atoms with Crippen molar-refractivity contribution in [2.24, 2.45) is 13.0 Å². The quantitative estimate of drug-likeness (QED) is 0.116. The molecular weight excluding hydrogens is 811 g/mol. The summed E-state index contributed by atoms with van der Waals surface area (Å²) in [4.78, 5) is 70.9. The van der Waals surface area contributed by atoms with Crippen LogP contribution >= 0.6 is 0 Å². The van der Waals surface area contributed by atoms with Gasteiger partial charge in [0, 0.05) is 50.7 Å². The van der Waals surface area contributed by atoms with E-state index in [1.165, 1.54) is 5.69 Å². The number of anilines is 3. The molecular formula is C48H55N11O5. The van der Waals surface area contributed by atoms with Crippen LogP contribution < -0.4 is 26.8 Å². The standard InChI is InChI=1S/C48H55N11O5/c1-4-23-57-45(62)36-28-49-46(53-43(36)59(57)39-15-9-32-17-22-48(64,5-2)42(32)51-39)50-33-10-12-34(13-11-33)56-26-18-30(19-27-56)29-55-24-20-31(21-25-55)35-7-6-8-37-41(35)54(3)47(63)58(37)38-14-16-40(60)52-44(38)61/h4,6-13,15,28,30-31,38,64H,1,5,14,16-27,29H2,2-3H3,(H,49,50,53)(H,52,60,61)/t38?,48-/m1/s1. The number of fused-ring (bicyclic) bond motifs is 3. The van der Waals surface area contributed by atoms with Crippen LogP contribution in [0.25, 0.3) is 27.9 Å². The Morgan fingerprint density at radius 2 is 1.72 bits per heavy atom. The molecule has 64 heavy (non-hydrogen) atoms. The molecule has 2 amide bonds. The monoisotopic (exact) mass is 865 g/mol. The number of hydrogen-bond donors (Lipinski definition) is 3. The first kappa shape index (κ1) is 41.6. The molecule has 0 spiro atoms. The fraction of sp³-hybridized carbons (Fsp3) is 0.438. The molecule has 3 N–H and O–H groups in total. The Morgan fingerprint density at radius 3 is 2.45 bits per heavy atom. The van der Waals surface area contributed by atoms with Crippen molar-refractivity contribution in [3.8, 4) is 5.82 Å². The average molecular weight is 866 g/mol. The number of hydrogen-bond acceptors (Lipinski definition) is 11. The summed E-state index contributed by atoms with van der Waals surface area (Å²) in [6.07, 6.45) is 9.95. The maximum absolute atomic E-state index is 13.6. The molecule has 2 aromatic carbocycles. The largest absolute Gasteiger partial charge is 0.384 e. The number of pyridine rings is 1. The lowest BCUT2D eigenvalue weighted by atomic mass is 9.87. The second-order valence-electron chi connectivity index (χ2n) is 18.1. The molecule has 4 aliphatic rings. The number of amides is 2. The number of aryl methyl sites for hydroxylation is 2. The number of benzene rings is 2. The Balaban J connectivity index is 0.761. The number of allylic oxidation sites excluding steroid dienone is 1. The smallest absolute Gasteiger partial charge is 0.329 e. The first-order chi connectivity index (χ1) is 31.0. The summed E-state index contributed by atoms with van der Waals surface area (Å²) in [6.45, 7) is 11.1. The minimum atomic E-state index is -0.997. The summed E-state index contributed by atoms with van der Waals surface area (Å²) in [7, 11) is 1.79. The molecule has 4 aromatic heterocycles. The summed E-state index contributed by atoms with van der Waals surface area (Å²) in [5, 5.41) is 17.4. The van der Waals surface area contributed by atoms with Gasteiger partial charge in [-0.15, -0.1) is 6.58 Å². The predicted octanol–water partition coefficient (Wildman–Crippen LogP) is 5.18. The molecule has 0 saturated carbocycles. The Kier molecular flexibility index (Phi) is 10.8. The van der Waals surface area contributed by atoms with Crippen molar-refractivity contribution >= 4 is 51.2 Å². The summed E-state index contributed by atoms with van der Waals surface area (Å²) >= 11 is 0. The van der Waals surface area contributed by atoms with Gasteiger partial charge in [-0.05, 0) is 124 Å². The summed E-state index contributed by atoms with van der Waals surface area (Å²) in [5.41, 5.74) is 5.43. The number of imidazole rings is 1. The van der Waals surface area contributed by atoms with Crippen molar-refractivity contribution in [3.05, 3.63) is 111 Å². The van der Waals surface area contributed by atoms with E-state index >= 15 is 0 Å². The number of aromatic nitrogens is 7. The molecule has 3 saturated heterocycles. The van der Waals surface area contributed by atoms with Crippen LogP contribution in [-0.4, -0.2) is 88.0 Å². The number of carbonyl (C=O) groups is 2. The second kappa shape index (κ2) is 16.6. The van der Waals surface area contributed by atoms with Gasteiger partial charge < -0.3 is 20.2 Å². The van der Waals surface area contributed by atoms with Crippen LogP contribution in [0.3, 0.4) is 0 Å². The highest BCUT2D eigenvalue weighted by Crippen LogP contribution is 2.39. The topological polar surface area (TPSA) is 177 Å². The van der Waals surface area contributed by atoms with Gasteiger partial charge in [0.05, 0.1) is 23.3 Å². The van der Waals surface area contributed by atoms with Crippen molar-refractivity contribution in [1.29, 1.82) is 0 Å². The van der Waals surface area contributed by atoms with E-state index in [0.717, 1.165) is 92.7 Å².